The van der Waals surface area contributed by atoms with Crippen LogP contribution in [-0.2, 0) is 6.54 Å². The summed E-state index contributed by atoms with van der Waals surface area (Å²) in [5, 5.41) is 13.9. The van der Waals surface area contributed by atoms with Crippen molar-refractivity contribution >= 4 is 35.6 Å². The van der Waals surface area contributed by atoms with Crippen LogP contribution in [0.1, 0.15) is 5.56 Å². The Balaban J connectivity index is 0.00000200. The van der Waals surface area contributed by atoms with Crippen LogP contribution in [0.25, 0.3) is 0 Å². The molecule has 0 aromatic heterocycles. The maximum atomic E-state index is 10.8. The third kappa shape index (κ3) is 3.71. The van der Waals surface area contributed by atoms with Gasteiger partial charge in [-0.2, -0.15) is 0 Å². The van der Waals surface area contributed by atoms with E-state index in [1.165, 1.54) is 12.1 Å². The molecule has 1 aliphatic heterocycles. The molecule has 8 heteroatoms. The van der Waals surface area contributed by atoms with Gasteiger partial charge in [0.1, 0.15) is 5.75 Å². The lowest BCUT2D eigenvalue weighted by Gasteiger charge is -2.16. The summed E-state index contributed by atoms with van der Waals surface area (Å²) in [7, 11) is 3.49. The number of methoxy groups -OCH3 is 1. The van der Waals surface area contributed by atoms with Crippen LogP contribution in [0, 0.1) is 10.1 Å². The lowest BCUT2D eigenvalue weighted by Crippen LogP contribution is -2.35. The number of aliphatic imine (C=N–C) groups is 1. The molecule has 20 heavy (non-hydrogen) atoms. The summed E-state index contributed by atoms with van der Waals surface area (Å²) in [5.74, 6) is 1.42. The van der Waals surface area contributed by atoms with Gasteiger partial charge in [-0.3, -0.25) is 15.1 Å². The van der Waals surface area contributed by atoms with Crippen molar-refractivity contribution in [3.05, 3.63) is 33.9 Å². The second kappa shape index (κ2) is 7.27. The minimum absolute atomic E-state index is 0. The van der Waals surface area contributed by atoms with Crippen molar-refractivity contribution in [3.63, 3.8) is 0 Å². The first-order valence-electron chi connectivity index (χ1n) is 5.92. The number of hydrogen-bond acceptors (Lipinski definition) is 6. The van der Waals surface area contributed by atoms with Gasteiger partial charge in [-0.1, -0.05) is 0 Å². The van der Waals surface area contributed by atoms with Crippen molar-refractivity contribution in [2.45, 2.75) is 6.54 Å². The Morgan fingerprint density at radius 3 is 2.85 bits per heavy atom. The number of nitrogens with one attached hydrogen (secondary N) is 1. The molecule has 0 saturated carbocycles. The Hall–Kier alpha value is -1.58. The molecule has 0 atom stereocenters. The lowest BCUT2D eigenvalue weighted by molar-refractivity contribution is -0.384. The van der Waals surface area contributed by atoms with E-state index in [1.807, 2.05) is 11.9 Å². The van der Waals surface area contributed by atoms with Crippen molar-refractivity contribution in [2.24, 2.45) is 4.99 Å². The number of nitro benzene ring substituents is 1. The minimum atomic E-state index is -0.415. The topological polar surface area (TPSA) is 80.0 Å². The molecule has 0 unspecified atom stereocenters. The highest BCUT2D eigenvalue weighted by Gasteiger charge is 2.15. The minimum Gasteiger partial charge on any atom is -0.496 e. The first-order valence-corrected chi connectivity index (χ1v) is 5.92. The number of rotatable bonds is 4. The molecule has 0 radical (unpaired) electrons. The largest absolute Gasteiger partial charge is 0.496 e. The molecule has 110 valence electrons. The normalized spacial score (nSPS) is 13.5. The SMILES string of the molecule is COc1ccc([N+](=O)[O-])cc1CNC1=NCCN1C.I. The van der Waals surface area contributed by atoms with Crippen LogP contribution < -0.4 is 10.1 Å². The van der Waals surface area contributed by atoms with Gasteiger partial charge in [0.25, 0.3) is 5.69 Å². The van der Waals surface area contributed by atoms with E-state index in [-0.39, 0.29) is 29.7 Å². The standard InChI is InChI=1S/C12H16N4O3.HI/c1-15-6-5-13-12(15)14-8-9-7-10(16(17)18)3-4-11(9)19-2;/h3-4,7H,5-6,8H2,1-2H3,(H,13,14);1H. The number of ether oxygens (including phenoxy) is 1. The predicted molar refractivity (Wildman–Crippen MR) is 86.8 cm³/mol. The summed E-state index contributed by atoms with van der Waals surface area (Å²) in [6, 6.07) is 4.55. The van der Waals surface area contributed by atoms with E-state index in [1.54, 1.807) is 13.2 Å². The number of guanidine groups is 1. The molecule has 0 aliphatic carbocycles. The molecule has 1 aromatic rings. The van der Waals surface area contributed by atoms with Crippen molar-refractivity contribution in [3.8, 4) is 5.75 Å². The lowest BCUT2D eigenvalue weighted by atomic mass is 10.1. The Labute approximate surface area is 134 Å². The van der Waals surface area contributed by atoms with Crippen LogP contribution in [0.4, 0.5) is 5.69 Å². The predicted octanol–water partition coefficient (Wildman–Crippen LogP) is 1.61. The molecule has 1 aliphatic rings. The molecular weight excluding hydrogens is 375 g/mol. The smallest absolute Gasteiger partial charge is 0.270 e. The molecule has 0 amide bonds. The third-order valence-electron chi connectivity index (χ3n) is 2.97. The summed E-state index contributed by atoms with van der Waals surface area (Å²) in [6.07, 6.45) is 0. The first kappa shape index (κ1) is 16.5. The number of nitro groups is 1. The van der Waals surface area contributed by atoms with E-state index in [0.29, 0.717) is 12.3 Å². The van der Waals surface area contributed by atoms with Gasteiger partial charge in [0.15, 0.2) is 5.96 Å². The Morgan fingerprint density at radius 2 is 2.30 bits per heavy atom. The van der Waals surface area contributed by atoms with E-state index < -0.39 is 4.92 Å². The van der Waals surface area contributed by atoms with Crippen molar-refractivity contribution in [1.29, 1.82) is 0 Å². The number of halogens is 1. The van der Waals surface area contributed by atoms with Gasteiger partial charge in [0.2, 0.25) is 0 Å². The Kier molecular flexibility index (Phi) is 5.99. The zero-order chi connectivity index (χ0) is 13.8. The maximum Gasteiger partial charge on any atom is 0.270 e. The van der Waals surface area contributed by atoms with Crippen molar-refractivity contribution < 1.29 is 9.66 Å². The summed E-state index contributed by atoms with van der Waals surface area (Å²) in [6.45, 7) is 2.09. The molecule has 1 N–H and O–H groups in total. The van der Waals surface area contributed by atoms with E-state index in [4.69, 9.17) is 4.74 Å². The summed E-state index contributed by atoms with van der Waals surface area (Å²) >= 11 is 0. The van der Waals surface area contributed by atoms with Gasteiger partial charge in [0, 0.05) is 37.8 Å². The molecule has 7 nitrogen and oxygen atoms in total. The number of benzene rings is 1. The summed E-state index contributed by atoms with van der Waals surface area (Å²) in [5.41, 5.74) is 0.791. The van der Waals surface area contributed by atoms with Gasteiger partial charge >= 0.3 is 0 Å². The van der Waals surface area contributed by atoms with E-state index in [9.17, 15) is 10.1 Å². The third-order valence-corrected chi connectivity index (χ3v) is 2.97. The highest BCUT2D eigenvalue weighted by molar-refractivity contribution is 14.0. The molecule has 0 bridgehead atoms. The van der Waals surface area contributed by atoms with E-state index in [0.717, 1.165) is 24.6 Å². The molecule has 1 heterocycles. The van der Waals surface area contributed by atoms with Crippen LogP contribution in [-0.4, -0.2) is 43.0 Å². The Morgan fingerprint density at radius 1 is 1.55 bits per heavy atom. The van der Waals surface area contributed by atoms with E-state index in [2.05, 4.69) is 10.3 Å². The van der Waals surface area contributed by atoms with Crippen LogP contribution in [0.15, 0.2) is 23.2 Å². The van der Waals surface area contributed by atoms with Crippen LogP contribution in [0.2, 0.25) is 0 Å². The van der Waals surface area contributed by atoms with Crippen LogP contribution >= 0.6 is 24.0 Å². The number of nitrogens with zero attached hydrogens (tertiary/aromatic N) is 3. The van der Waals surface area contributed by atoms with Crippen molar-refractivity contribution in [1.82, 2.24) is 10.2 Å². The second-order valence-corrected chi connectivity index (χ2v) is 4.23. The van der Waals surface area contributed by atoms with Crippen LogP contribution in [0.3, 0.4) is 0 Å². The van der Waals surface area contributed by atoms with Crippen molar-refractivity contribution in [2.75, 3.05) is 27.2 Å². The zero-order valence-electron chi connectivity index (χ0n) is 11.3. The average Bonchev–Trinajstić information content (AvgIpc) is 2.81. The van der Waals surface area contributed by atoms with Gasteiger partial charge in [-0.25, -0.2) is 0 Å². The highest BCUT2D eigenvalue weighted by Crippen LogP contribution is 2.23. The van der Waals surface area contributed by atoms with Gasteiger partial charge in [-0.15, -0.1) is 24.0 Å². The summed E-state index contributed by atoms with van der Waals surface area (Å²) < 4.78 is 5.21. The van der Waals surface area contributed by atoms with Crippen LogP contribution in [0.5, 0.6) is 5.75 Å². The Bertz CT molecular complexity index is 521. The molecule has 0 saturated heterocycles. The van der Waals surface area contributed by atoms with Gasteiger partial charge in [-0.05, 0) is 6.07 Å². The molecule has 2 rings (SSSR count). The summed E-state index contributed by atoms with van der Waals surface area (Å²) in [4.78, 5) is 16.7. The number of hydrogen-bond donors (Lipinski definition) is 1. The average molecular weight is 392 g/mol. The first-order chi connectivity index (χ1) is 9.11. The molecule has 0 spiro atoms. The quantitative estimate of drug-likeness (QED) is 0.479. The molecular formula is C12H17IN4O3. The fourth-order valence-corrected chi connectivity index (χ4v) is 1.91. The molecule has 1 aromatic carbocycles. The number of likely N-dealkylation sites (N-methyl/N-ethyl adjacent to an activating group) is 1. The fourth-order valence-electron chi connectivity index (χ4n) is 1.91. The molecule has 0 fully saturated rings. The fraction of sp³-hybridized carbons (Fsp3) is 0.417. The van der Waals surface area contributed by atoms with Gasteiger partial charge < -0.3 is 15.0 Å². The zero-order valence-corrected chi connectivity index (χ0v) is 13.7. The van der Waals surface area contributed by atoms with E-state index >= 15 is 0 Å². The van der Waals surface area contributed by atoms with Gasteiger partial charge in [0.05, 0.1) is 18.6 Å². The highest BCUT2D eigenvalue weighted by atomic mass is 127. The number of non-ortho nitro benzene ring substituents is 1. The maximum absolute atomic E-state index is 10.8. The monoisotopic (exact) mass is 392 g/mol. The second-order valence-electron chi connectivity index (χ2n) is 4.23.